The van der Waals surface area contributed by atoms with E-state index in [1.807, 2.05) is 0 Å². The van der Waals surface area contributed by atoms with Crippen LogP contribution in [0.15, 0.2) is 57.8 Å². The van der Waals surface area contributed by atoms with Gasteiger partial charge in [-0.2, -0.15) is 0 Å². The Hall–Kier alpha value is -4.25. The molecule has 1 N–H and O–H groups in total. The van der Waals surface area contributed by atoms with Gasteiger partial charge in [-0.25, -0.2) is 9.79 Å². The first kappa shape index (κ1) is 24.9. The van der Waals surface area contributed by atoms with Crippen molar-refractivity contribution in [2.75, 3.05) is 13.2 Å². The number of nitrogens with zero attached hydrogens (tertiary/aromatic N) is 3. The number of hydrogen-bond donors (Lipinski definition) is 1. The monoisotopic (exact) mass is 509 g/mol. The molecule has 2 aromatic carbocycles. The number of rotatable bonds is 7. The summed E-state index contributed by atoms with van der Waals surface area (Å²) in [6, 6.07) is 9.75. The van der Waals surface area contributed by atoms with Gasteiger partial charge in [0, 0.05) is 17.8 Å². The lowest BCUT2D eigenvalue weighted by Crippen LogP contribution is -2.35. The topological polar surface area (TPSA) is 133 Å². The molecule has 1 aliphatic heterocycles. The first-order valence-corrected chi connectivity index (χ1v) is 12.0. The number of carbonyl (C=O) groups is 1. The first-order valence-electron chi connectivity index (χ1n) is 11.1. The number of hydrogen-bond acceptors (Lipinski definition) is 9. The molecule has 0 unspecified atom stereocenters. The highest BCUT2D eigenvalue weighted by molar-refractivity contribution is 7.07. The number of phenols is 1. The van der Waals surface area contributed by atoms with Crippen molar-refractivity contribution < 1.29 is 24.3 Å². The third kappa shape index (κ3) is 4.65. The SMILES string of the molecule is CCOC(=O)C1=C(C)n2c(s/c(=C\c3ccc(O)c(OCC)c3)c2=O)=N[C@H]1c1ccc([N+](=O)[O-])cc1. The van der Waals surface area contributed by atoms with E-state index in [-0.39, 0.29) is 29.2 Å². The van der Waals surface area contributed by atoms with Gasteiger partial charge in [-0.3, -0.25) is 19.5 Å². The molecule has 10 nitrogen and oxygen atoms in total. The Bertz CT molecular complexity index is 1550. The molecule has 0 saturated heterocycles. The van der Waals surface area contributed by atoms with E-state index >= 15 is 0 Å². The Balaban J connectivity index is 1.89. The molecule has 1 aliphatic rings. The molecule has 186 valence electrons. The fourth-order valence-corrected chi connectivity index (χ4v) is 4.92. The minimum Gasteiger partial charge on any atom is -0.504 e. The van der Waals surface area contributed by atoms with Crippen LogP contribution in [-0.4, -0.2) is 33.8 Å². The molecule has 0 bridgehead atoms. The van der Waals surface area contributed by atoms with Crippen LogP contribution in [-0.2, 0) is 9.53 Å². The van der Waals surface area contributed by atoms with Crippen LogP contribution in [0.25, 0.3) is 11.8 Å². The van der Waals surface area contributed by atoms with Crippen molar-refractivity contribution in [2.45, 2.75) is 26.8 Å². The summed E-state index contributed by atoms with van der Waals surface area (Å²) < 4.78 is 12.4. The number of thiazole rings is 1. The number of esters is 1. The lowest BCUT2D eigenvalue weighted by Gasteiger charge is -2.22. The van der Waals surface area contributed by atoms with Gasteiger partial charge in [0.2, 0.25) is 0 Å². The van der Waals surface area contributed by atoms with E-state index in [2.05, 4.69) is 4.99 Å². The van der Waals surface area contributed by atoms with Crippen molar-refractivity contribution in [3.05, 3.63) is 89.0 Å². The number of fused-ring (bicyclic) bond motifs is 1. The van der Waals surface area contributed by atoms with E-state index in [1.54, 1.807) is 51.1 Å². The maximum atomic E-state index is 13.3. The Morgan fingerprint density at radius 2 is 1.94 bits per heavy atom. The van der Waals surface area contributed by atoms with Gasteiger partial charge in [0.05, 0.1) is 28.2 Å². The normalized spacial score (nSPS) is 15.3. The largest absolute Gasteiger partial charge is 0.504 e. The molecule has 1 aromatic heterocycles. The van der Waals surface area contributed by atoms with Crippen molar-refractivity contribution in [1.82, 2.24) is 4.57 Å². The van der Waals surface area contributed by atoms with Crippen LogP contribution in [0.5, 0.6) is 11.5 Å². The van der Waals surface area contributed by atoms with Gasteiger partial charge in [0.1, 0.15) is 6.04 Å². The molecular formula is C25H23N3O7S. The fraction of sp³-hybridized carbons (Fsp3) is 0.240. The second-order valence-corrected chi connectivity index (χ2v) is 8.80. The second-order valence-electron chi connectivity index (χ2n) is 7.79. The molecule has 11 heteroatoms. The third-order valence-electron chi connectivity index (χ3n) is 5.54. The van der Waals surface area contributed by atoms with Crippen LogP contribution >= 0.6 is 11.3 Å². The summed E-state index contributed by atoms with van der Waals surface area (Å²) in [5.74, 6) is -0.317. The zero-order valence-corrected chi connectivity index (χ0v) is 20.6. The van der Waals surface area contributed by atoms with Crippen molar-refractivity contribution >= 4 is 34.8 Å². The van der Waals surface area contributed by atoms with E-state index in [0.29, 0.717) is 38.5 Å². The maximum Gasteiger partial charge on any atom is 0.338 e. The van der Waals surface area contributed by atoms with Crippen LogP contribution in [0.3, 0.4) is 0 Å². The summed E-state index contributed by atoms with van der Waals surface area (Å²) in [7, 11) is 0. The van der Waals surface area contributed by atoms with Crippen LogP contribution in [0, 0.1) is 10.1 Å². The Labute approximate surface area is 209 Å². The highest BCUT2D eigenvalue weighted by Gasteiger charge is 2.31. The minimum absolute atomic E-state index is 0.00464. The highest BCUT2D eigenvalue weighted by Crippen LogP contribution is 2.33. The van der Waals surface area contributed by atoms with Crippen molar-refractivity contribution in [1.29, 1.82) is 0 Å². The van der Waals surface area contributed by atoms with E-state index in [4.69, 9.17) is 9.47 Å². The third-order valence-corrected chi connectivity index (χ3v) is 6.52. The van der Waals surface area contributed by atoms with Gasteiger partial charge >= 0.3 is 5.97 Å². The van der Waals surface area contributed by atoms with Gasteiger partial charge in [-0.05, 0) is 62.2 Å². The second kappa shape index (κ2) is 10.2. The van der Waals surface area contributed by atoms with Crippen molar-refractivity contribution in [2.24, 2.45) is 4.99 Å². The molecule has 0 saturated carbocycles. The van der Waals surface area contributed by atoms with Crippen molar-refractivity contribution in [3.63, 3.8) is 0 Å². The Morgan fingerprint density at radius 3 is 2.58 bits per heavy atom. The summed E-state index contributed by atoms with van der Waals surface area (Å²) in [4.78, 5) is 41.9. The predicted octanol–water partition coefficient (Wildman–Crippen LogP) is 2.92. The van der Waals surface area contributed by atoms with Gasteiger partial charge in [-0.15, -0.1) is 0 Å². The number of nitro groups is 1. The number of aromatic hydroxyl groups is 1. The molecule has 4 rings (SSSR count). The molecule has 1 atom stereocenters. The number of nitro benzene ring substituents is 1. The summed E-state index contributed by atoms with van der Waals surface area (Å²) in [5.41, 5.74) is 1.33. The molecule has 3 aromatic rings. The average molecular weight is 510 g/mol. The number of ether oxygens (including phenoxy) is 2. The molecule has 0 fully saturated rings. The van der Waals surface area contributed by atoms with E-state index in [0.717, 1.165) is 11.3 Å². The molecule has 0 amide bonds. The first-order chi connectivity index (χ1) is 17.2. The number of aromatic nitrogens is 1. The van der Waals surface area contributed by atoms with Crippen LogP contribution in [0.2, 0.25) is 0 Å². The van der Waals surface area contributed by atoms with E-state index in [9.17, 15) is 24.8 Å². The molecule has 0 spiro atoms. The fourth-order valence-electron chi connectivity index (χ4n) is 3.88. The zero-order valence-electron chi connectivity index (χ0n) is 19.8. The number of carbonyl (C=O) groups excluding carboxylic acids is 1. The molecule has 0 radical (unpaired) electrons. The molecular weight excluding hydrogens is 486 g/mol. The summed E-state index contributed by atoms with van der Waals surface area (Å²) in [5, 5.41) is 21.0. The zero-order chi connectivity index (χ0) is 26.0. The van der Waals surface area contributed by atoms with Gasteiger partial charge in [0.15, 0.2) is 16.3 Å². The molecule has 36 heavy (non-hydrogen) atoms. The standard InChI is InChI=1S/C25H23N3O7S/c1-4-34-19-12-15(6-11-18(19)29)13-20-23(30)27-14(3)21(24(31)35-5-2)22(26-25(27)36-20)16-7-9-17(10-8-16)28(32)33/h6-13,22,29H,4-5H2,1-3H3/b20-13-/t22-/m0/s1. The summed E-state index contributed by atoms with van der Waals surface area (Å²) in [6.07, 6.45) is 1.66. The van der Waals surface area contributed by atoms with Gasteiger partial charge in [0.25, 0.3) is 11.2 Å². The van der Waals surface area contributed by atoms with Crippen LogP contribution in [0.4, 0.5) is 5.69 Å². The predicted molar refractivity (Wildman–Crippen MR) is 134 cm³/mol. The molecule has 0 aliphatic carbocycles. The number of phenolic OH excluding ortho intramolecular Hbond substituents is 1. The minimum atomic E-state index is -0.797. The highest BCUT2D eigenvalue weighted by atomic mass is 32.1. The van der Waals surface area contributed by atoms with E-state index < -0.39 is 16.9 Å². The summed E-state index contributed by atoms with van der Waals surface area (Å²) >= 11 is 1.15. The maximum absolute atomic E-state index is 13.3. The van der Waals surface area contributed by atoms with E-state index in [1.165, 1.54) is 22.8 Å². The Morgan fingerprint density at radius 1 is 1.22 bits per heavy atom. The van der Waals surface area contributed by atoms with Gasteiger partial charge < -0.3 is 14.6 Å². The number of non-ortho nitro benzene ring substituents is 1. The number of allylic oxidation sites excluding steroid dienone is 1. The lowest BCUT2D eigenvalue weighted by molar-refractivity contribution is -0.384. The quantitative estimate of drug-likeness (QED) is 0.294. The van der Waals surface area contributed by atoms with Crippen molar-refractivity contribution in [3.8, 4) is 11.5 Å². The lowest BCUT2D eigenvalue weighted by atomic mass is 9.96. The summed E-state index contributed by atoms with van der Waals surface area (Å²) in [6.45, 7) is 5.63. The Kier molecular flexibility index (Phi) is 7.02. The number of benzene rings is 2. The smallest absolute Gasteiger partial charge is 0.338 e. The van der Waals surface area contributed by atoms with Crippen LogP contribution in [0.1, 0.15) is 37.9 Å². The van der Waals surface area contributed by atoms with Gasteiger partial charge in [-0.1, -0.05) is 17.4 Å². The van der Waals surface area contributed by atoms with Crippen LogP contribution < -0.4 is 19.6 Å². The average Bonchev–Trinajstić information content (AvgIpc) is 3.16. The molecule has 2 heterocycles.